The van der Waals surface area contributed by atoms with E-state index in [0.717, 1.165) is 21.1 Å². The summed E-state index contributed by atoms with van der Waals surface area (Å²) in [4.78, 5) is 57.2. The number of hydrazine groups is 1. The molecule has 0 radical (unpaired) electrons. The normalized spacial score (nSPS) is 18.7. The van der Waals surface area contributed by atoms with Gasteiger partial charge in [0, 0.05) is 23.0 Å². The Hall–Kier alpha value is -3.35. The summed E-state index contributed by atoms with van der Waals surface area (Å²) in [5, 5.41) is 20.2. The number of hydrogen-bond donors (Lipinski definition) is 5. The van der Waals surface area contributed by atoms with Crippen LogP contribution in [-0.2, 0) is 19.2 Å². The molecule has 1 aliphatic heterocycles. The number of halogens is 1. The molecule has 1 saturated heterocycles. The number of amides is 4. The first-order chi connectivity index (χ1) is 20.3. The Bertz CT molecular complexity index is 1350. The number of pyridine rings is 1. The highest BCUT2D eigenvalue weighted by atomic mass is 79.9. The van der Waals surface area contributed by atoms with Crippen LogP contribution in [0.1, 0.15) is 65.6 Å². The van der Waals surface area contributed by atoms with Gasteiger partial charge in [0.05, 0.1) is 22.7 Å². The molecule has 12 heteroatoms. The maximum Gasteiger partial charge on any atom is 0.258 e. The van der Waals surface area contributed by atoms with Gasteiger partial charge in [-0.05, 0) is 64.2 Å². The smallest absolute Gasteiger partial charge is 0.258 e. The lowest BCUT2D eigenvalue weighted by atomic mass is 9.85. The first kappa shape index (κ1) is 34.1. The van der Waals surface area contributed by atoms with Crippen LogP contribution in [0.15, 0.2) is 47.5 Å². The summed E-state index contributed by atoms with van der Waals surface area (Å²) in [7, 11) is 0. The maximum atomic E-state index is 13.3. The van der Waals surface area contributed by atoms with Crippen LogP contribution < -0.4 is 21.4 Å². The van der Waals surface area contributed by atoms with Crippen molar-refractivity contribution in [2.24, 2.45) is 11.3 Å². The molecule has 0 spiro atoms. The molecular formula is C31H43BrN6O5. The molecule has 0 saturated carbocycles. The maximum absolute atomic E-state index is 13.3. The number of carbonyl (C=O) groups excluding carboxylic acids is 4. The summed E-state index contributed by atoms with van der Waals surface area (Å²) in [5.74, 6) is -1.86. The lowest BCUT2D eigenvalue weighted by molar-refractivity contribution is -0.143. The SMILES string of the molecule is C=CC(C)(CCO)C(=O)N[C@H](C(=O)N[C@@H](C)C(=O)N1CCC[C@@H](C(=O)N[C@H](C)c2ccc3ccc(Br)cc3n2)N1)C(C)C. The highest BCUT2D eigenvalue weighted by Gasteiger charge is 2.36. The van der Waals surface area contributed by atoms with Crippen LogP contribution in [-0.4, -0.2) is 70.0 Å². The molecule has 5 N–H and O–H groups in total. The predicted molar refractivity (Wildman–Crippen MR) is 168 cm³/mol. The second kappa shape index (κ2) is 14.9. The van der Waals surface area contributed by atoms with Crippen molar-refractivity contribution in [3.63, 3.8) is 0 Å². The van der Waals surface area contributed by atoms with Crippen LogP contribution in [0.5, 0.6) is 0 Å². The molecule has 5 atom stereocenters. The van der Waals surface area contributed by atoms with Crippen molar-refractivity contribution in [3.8, 4) is 0 Å². The number of hydrogen-bond acceptors (Lipinski definition) is 7. The third-order valence-corrected chi connectivity index (χ3v) is 8.31. The van der Waals surface area contributed by atoms with Gasteiger partial charge in [-0.3, -0.25) is 29.2 Å². The van der Waals surface area contributed by atoms with E-state index in [1.54, 1.807) is 27.7 Å². The van der Waals surface area contributed by atoms with E-state index < -0.39 is 41.3 Å². The van der Waals surface area contributed by atoms with E-state index in [4.69, 9.17) is 0 Å². The van der Waals surface area contributed by atoms with Crippen LogP contribution in [0.3, 0.4) is 0 Å². The molecule has 1 unspecified atom stereocenters. The Labute approximate surface area is 261 Å². The largest absolute Gasteiger partial charge is 0.396 e. The molecule has 234 valence electrons. The van der Waals surface area contributed by atoms with Crippen molar-refractivity contribution in [2.45, 2.75) is 78.0 Å². The third-order valence-electron chi connectivity index (χ3n) is 7.81. The number of benzene rings is 1. The molecule has 4 amide bonds. The Balaban J connectivity index is 1.59. The van der Waals surface area contributed by atoms with Gasteiger partial charge < -0.3 is 21.1 Å². The van der Waals surface area contributed by atoms with Crippen LogP contribution in [0, 0.1) is 11.3 Å². The van der Waals surface area contributed by atoms with Crippen LogP contribution in [0.4, 0.5) is 0 Å². The number of rotatable bonds is 12. The molecule has 0 aliphatic carbocycles. The Kier molecular flexibility index (Phi) is 11.8. The van der Waals surface area contributed by atoms with Gasteiger partial charge in [-0.25, -0.2) is 5.43 Å². The second-order valence-corrected chi connectivity index (χ2v) is 12.6. The highest BCUT2D eigenvalue weighted by Crippen LogP contribution is 2.24. The average Bonchev–Trinajstić information content (AvgIpc) is 2.98. The fourth-order valence-corrected chi connectivity index (χ4v) is 5.20. The van der Waals surface area contributed by atoms with E-state index >= 15 is 0 Å². The van der Waals surface area contributed by atoms with Crippen LogP contribution in [0.25, 0.3) is 10.9 Å². The molecule has 2 aromatic rings. The van der Waals surface area contributed by atoms with Gasteiger partial charge in [-0.15, -0.1) is 6.58 Å². The Morgan fingerprint density at radius 3 is 2.51 bits per heavy atom. The molecule has 0 bridgehead atoms. The Morgan fingerprint density at radius 1 is 1.16 bits per heavy atom. The third kappa shape index (κ3) is 8.61. The summed E-state index contributed by atoms with van der Waals surface area (Å²) in [6, 6.07) is 6.88. The second-order valence-electron chi connectivity index (χ2n) is 11.6. The lowest BCUT2D eigenvalue weighted by Crippen LogP contribution is -2.62. The molecule has 1 aromatic heterocycles. The minimum Gasteiger partial charge on any atom is -0.396 e. The van der Waals surface area contributed by atoms with Crippen molar-refractivity contribution in [1.82, 2.24) is 31.4 Å². The number of carbonyl (C=O) groups is 4. The summed E-state index contributed by atoms with van der Waals surface area (Å²) < 4.78 is 0.918. The molecule has 43 heavy (non-hydrogen) atoms. The van der Waals surface area contributed by atoms with Gasteiger partial charge in [0.25, 0.3) is 5.91 Å². The molecule has 1 aliphatic rings. The summed E-state index contributed by atoms with van der Waals surface area (Å²) in [6.45, 7) is 12.5. The zero-order valence-electron chi connectivity index (χ0n) is 25.4. The van der Waals surface area contributed by atoms with E-state index in [9.17, 15) is 24.3 Å². The van der Waals surface area contributed by atoms with Crippen LogP contribution >= 0.6 is 15.9 Å². The number of nitrogens with one attached hydrogen (secondary N) is 4. The van der Waals surface area contributed by atoms with Crippen molar-refractivity contribution < 1.29 is 24.3 Å². The number of aromatic nitrogens is 1. The van der Waals surface area contributed by atoms with E-state index in [-0.39, 0.29) is 30.9 Å². The van der Waals surface area contributed by atoms with Gasteiger partial charge in [-0.1, -0.05) is 48.0 Å². The average molecular weight is 660 g/mol. The lowest BCUT2D eigenvalue weighted by Gasteiger charge is -2.35. The van der Waals surface area contributed by atoms with E-state index in [2.05, 4.69) is 48.9 Å². The minimum absolute atomic E-state index is 0.161. The fourth-order valence-electron chi connectivity index (χ4n) is 4.85. The molecule has 3 rings (SSSR count). The first-order valence-corrected chi connectivity index (χ1v) is 15.4. The van der Waals surface area contributed by atoms with Gasteiger partial charge in [0.1, 0.15) is 18.1 Å². The van der Waals surface area contributed by atoms with Crippen molar-refractivity contribution in [1.29, 1.82) is 0 Å². The number of aliphatic hydroxyl groups is 1. The highest BCUT2D eigenvalue weighted by molar-refractivity contribution is 9.10. The van der Waals surface area contributed by atoms with Crippen molar-refractivity contribution >= 4 is 50.5 Å². The van der Waals surface area contributed by atoms with E-state index in [0.29, 0.717) is 19.4 Å². The van der Waals surface area contributed by atoms with Gasteiger partial charge in [-0.2, -0.15) is 0 Å². The first-order valence-electron chi connectivity index (χ1n) is 14.6. The Morgan fingerprint density at radius 2 is 1.86 bits per heavy atom. The number of aliphatic hydroxyl groups excluding tert-OH is 1. The number of nitrogens with zero attached hydrogens (tertiary/aromatic N) is 2. The summed E-state index contributed by atoms with van der Waals surface area (Å²) in [6.07, 6.45) is 2.75. The van der Waals surface area contributed by atoms with Gasteiger partial charge >= 0.3 is 0 Å². The minimum atomic E-state index is -1.05. The van der Waals surface area contributed by atoms with Crippen molar-refractivity contribution in [2.75, 3.05) is 13.2 Å². The van der Waals surface area contributed by atoms with E-state index in [1.807, 2.05) is 37.3 Å². The predicted octanol–water partition coefficient (Wildman–Crippen LogP) is 2.89. The monoisotopic (exact) mass is 658 g/mol. The molecule has 2 heterocycles. The van der Waals surface area contributed by atoms with Gasteiger partial charge in [0.2, 0.25) is 17.7 Å². The summed E-state index contributed by atoms with van der Waals surface area (Å²) >= 11 is 3.46. The molecule has 11 nitrogen and oxygen atoms in total. The van der Waals surface area contributed by atoms with Crippen molar-refractivity contribution in [3.05, 3.63) is 53.2 Å². The molecular weight excluding hydrogens is 616 g/mol. The summed E-state index contributed by atoms with van der Waals surface area (Å²) in [5.41, 5.74) is 3.50. The zero-order valence-corrected chi connectivity index (χ0v) is 27.0. The molecule has 1 aromatic carbocycles. The van der Waals surface area contributed by atoms with E-state index in [1.165, 1.54) is 11.1 Å². The van der Waals surface area contributed by atoms with Gasteiger partial charge in [0.15, 0.2) is 0 Å². The molecule has 1 fully saturated rings. The quantitative estimate of drug-likeness (QED) is 0.220. The number of fused-ring (bicyclic) bond motifs is 1. The van der Waals surface area contributed by atoms with Crippen LogP contribution in [0.2, 0.25) is 0 Å². The zero-order chi connectivity index (χ0) is 31.9. The fraction of sp³-hybridized carbons (Fsp3) is 0.516. The topological polar surface area (TPSA) is 153 Å². The standard InChI is InChI=1S/C31H43BrN6O5/c1-7-31(6,14-16-39)30(43)36-26(18(2)3)28(41)34-20(5)29(42)38-15-8-9-24(37-38)27(40)33-19(4)23-13-11-21-10-12-22(32)17-25(21)35-23/h7,10-13,17-20,24,26,37,39H,1,8-9,14-16H2,2-6H3,(H,33,40)(H,34,41)(H,36,43)/t19-,20+,24+,26+,31?/m1/s1.